The molecule has 72 valence electrons. The molecule has 4 nitrogen and oxygen atoms in total. The Morgan fingerprint density at radius 1 is 1.62 bits per heavy atom. The van der Waals surface area contributed by atoms with Gasteiger partial charge in [-0.1, -0.05) is 19.9 Å². The minimum absolute atomic E-state index is 0. The molecule has 0 N–H and O–H groups in total. The summed E-state index contributed by atoms with van der Waals surface area (Å²) in [6, 6.07) is 0. The second-order valence-corrected chi connectivity index (χ2v) is 3.91. The normalized spacial score (nSPS) is 9.92. The number of hydrogen-bond acceptors (Lipinski definition) is 4. The molecule has 0 aromatic rings. The van der Waals surface area contributed by atoms with Gasteiger partial charge in [0.2, 0.25) is 0 Å². The third-order valence-corrected chi connectivity index (χ3v) is 2.33. The maximum absolute atomic E-state index is 10.9. The van der Waals surface area contributed by atoms with Crippen molar-refractivity contribution in [2.24, 2.45) is 0 Å². The molecule has 0 heterocycles. The molecule has 0 amide bonds. The molecule has 13 heavy (non-hydrogen) atoms. The topological polar surface area (TPSA) is 60.4 Å². The van der Waals surface area contributed by atoms with Gasteiger partial charge in [-0.2, -0.15) is 8.42 Å². The van der Waals surface area contributed by atoms with Crippen LogP contribution in [0.4, 0.5) is 0 Å². The van der Waals surface area contributed by atoms with Crippen molar-refractivity contribution < 1.29 is 48.4 Å². The Balaban J connectivity index is -0.000000605. The van der Waals surface area contributed by atoms with Gasteiger partial charge in [0.15, 0.2) is 0 Å². The Bertz CT molecular complexity index is 263. The molecule has 0 atom stereocenters. The summed E-state index contributed by atoms with van der Waals surface area (Å²) < 4.78 is 25.8. The van der Waals surface area contributed by atoms with Crippen molar-refractivity contribution in [2.45, 2.75) is 19.8 Å². The number of rotatable bonds is 5. The molecule has 0 aliphatic carbocycles. The molecule has 0 radical (unpaired) electrons. The largest absolute Gasteiger partial charge is 1.00 e. The summed E-state index contributed by atoms with van der Waals surface area (Å²) in [4.78, 5) is 10.5. The van der Waals surface area contributed by atoms with Crippen LogP contribution in [0.1, 0.15) is 21.2 Å². The Hall–Kier alpha value is 0.160. The maximum atomic E-state index is 10.9. The van der Waals surface area contributed by atoms with Gasteiger partial charge in [-0.05, 0) is 6.42 Å². The summed E-state index contributed by atoms with van der Waals surface area (Å²) in [6.45, 7) is 4.94. The summed E-state index contributed by atoms with van der Waals surface area (Å²) in [5, 5.41) is 0. The molecule has 0 aromatic carbocycles. The first-order valence-electron chi connectivity index (χ1n) is 3.60. The molecular formula is C7H13NaO4S. The van der Waals surface area contributed by atoms with Gasteiger partial charge in [0.25, 0.3) is 0 Å². The van der Waals surface area contributed by atoms with Crippen molar-refractivity contribution in [3.05, 3.63) is 12.7 Å². The molecule has 0 saturated heterocycles. The van der Waals surface area contributed by atoms with Crippen LogP contribution < -0.4 is 29.6 Å². The predicted molar refractivity (Wildman–Crippen MR) is 46.1 cm³/mol. The fraction of sp³-hybridized carbons (Fsp3) is 0.571. The van der Waals surface area contributed by atoms with Gasteiger partial charge in [0.05, 0.1) is 5.75 Å². The van der Waals surface area contributed by atoms with Gasteiger partial charge in [0.1, 0.15) is 0 Å². The van der Waals surface area contributed by atoms with Crippen molar-refractivity contribution in [1.29, 1.82) is 0 Å². The van der Waals surface area contributed by atoms with Gasteiger partial charge in [-0.15, -0.1) is 0 Å². The van der Waals surface area contributed by atoms with Crippen LogP contribution in [-0.4, -0.2) is 20.1 Å². The number of carbonyl (C=O) groups excluding carboxylic acids is 1. The van der Waals surface area contributed by atoms with Gasteiger partial charge >= 0.3 is 45.6 Å². The molecule has 0 aromatic heterocycles. The Morgan fingerprint density at radius 2 is 2.15 bits per heavy atom. The van der Waals surface area contributed by atoms with Crippen LogP contribution in [0.3, 0.4) is 0 Å². The van der Waals surface area contributed by atoms with Crippen molar-refractivity contribution in [3.63, 3.8) is 0 Å². The first-order valence-corrected chi connectivity index (χ1v) is 5.18. The third kappa shape index (κ3) is 8.49. The molecule has 0 bridgehead atoms. The van der Waals surface area contributed by atoms with E-state index in [1.165, 1.54) is 0 Å². The van der Waals surface area contributed by atoms with E-state index in [1.807, 2.05) is 6.92 Å². The fourth-order valence-corrected chi connectivity index (χ4v) is 1.57. The van der Waals surface area contributed by atoms with E-state index in [1.54, 1.807) is 0 Å². The van der Waals surface area contributed by atoms with Crippen LogP contribution in [0.5, 0.6) is 0 Å². The standard InChI is InChI=1S/C7H12O4S.Na.H/c1-3-5-6-12(9,10)11-7(8)4-2;;/h4H,2-3,5-6H2,1H3;;/q;+1;-1. The van der Waals surface area contributed by atoms with Gasteiger partial charge in [-0.25, -0.2) is 4.79 Å². The SMILES string of the molecule is C=CC(=O)OS(=O)(=O)CCCC.[H-].[Na+]. The molecule has 0 aliphatic rings. The first-order chi connectivity index (χ1) is 5.52. The zero-order chi connectivity index (χ0) is 9.61. The molecule has 0 unspecified atom stereocenters. The van der Waals surface area contributed by atoms with E-state index in [9.17, 15) is 13.2 Å². The average Bonchev–Trinajstić information content (AvgIpc) is 2.00. The second kappa shape index (κ2) is 7.55. The Kier molecular flexibility index (Phi) is 9.08. The summed E-state index contributed by atoms with van der Waals surface area (Å²) >= 11 is 0. The molecule has 0 rings (SSSR count). The molecule has 0 spiro atoms. The first kappa shape index (κ1) is 15.6. The van der Waals surface area contributed by atoms with Crippen molar-refractivity contribution in [2.75, 3.05) is 5.75 Å². The fourth-order valence-electron chi connectivity index (χ4n) is 0.522. The van der Waals surface area contributed by atoms with Crippen molar-refractivity contribution in [1.82, 2.24) is 0 Å². The summed E-state index contributed by atoms with van der Waals surface area (Å²) in [7, 11) is -3.68. The van der Waals surface area contributed by atoms with E-state index in [-0.39, 0.29) is 36.7 Å². The smallest absolute Gasteiger partial charge is 1.00 e. The minimum Gasteiger partial charge on any atom is -1.00 e. The summed E-state index contributed by atoms with van der Waals surface area (Å²) in [5.74, 6) is -1.05. The minimum atomic E-state index is -3.68. The summed E-state index contributed by atoms with van der Waals surface area (Å²) in [6.07, 6.45) is 2.06. The number of unbranched alkanes of at least 4 members (excludes halogenated alkanes) is 1. The van der Waals surface area contributed by atoms with Crippen LogP contribution in [0, 0.1) is 0 Å². The maximum Gasteiger partial charge on any atom is 1.00 e. The van der Waals surface area contributed by atoms with E-state index in [2.05, 4.69) is 10.8 Å². The van der Waals surface area contributed by atoms with Gasteiger partial charge in [-0.3, -0.25) is 0 Å². The molecule has 0 saturated carbocycles. The molecule has 0 aliphatic heterocycles. The van der Waals surface area contributed by atoms with Crippen LogP contribution in [0.15, 0.2) is 12.7 Å². The van der Waals surface area contributed by atoms with E-state index < -0.39 is 16.1 Å². The number of hydrogen-bond donors (Lipinski definition) is 0. The van der Waals surface area contributed by atoms with Crippen LogP contribution in [-0.2, 0) is 19.1 Å². The molecule has 0 fully saturated rings. The van der Waals surface area contributed by atoms with Gasteiger partial charge in [0, 0.05) is 6.08 Å². The predicted octanol–water partition coefficient (Wildman–Crippen LogP) is -2.04. The molecular weight excluding hydrogens is 203 g/mol. The van der Waals surface area contributed by atoms with E-state index in [4.69, 9.17) is 0 Å². The number of carbonyl (C=O) groups is 1. The zero-order valence-electron chi connectivity index (χ0n) is 8.95. The van der Waals surface area contributed by atoms with Crippen LogP contribution >= 0.6 is 0 Å². The summed E-state index contributed by atoms with van der Waals surface area (Å²) in [5.41, 5.74) is 0. The monoisotopic (exact) mass is 216 g/mol. The Labute approximate surface area is 102 Å². The van der Waals surface area contributed by atoms with E-state index >= 15 is 0 Å². The van der Waals surface area contributed by atoms with Crippen LogP contribution in [0.2, 0.25) is 0 Å². The third-order valence-electron chi connectivity index (χ3n) is 1.12. The average molecular weight is 216 g/mol. The van der Waals surface area contributed by atoms with Crippen molar-refractivity contribution in [3.8, 4) is 0 Å². The van der Waals surface area contributed by atoms with Crippen LogP contribution in [0.25, 0.3) is 0 Å². The van der Waals surface area contributed by atoms with Gasteiger partial charge < -0.3 is 5.61 Å². The zero-order valence-corrected chi connectivity index (χ0v) is 10.8. The molecule has 6 heteroatoms. The van der Waals surface area contributed by atoms with E-state index in [0.29, 0.717) is 6.42 Å². The van der Waals surface area contributed by atoms with Crippen molar-refractivity contribution >= 4 is 16.1 Å². The quantitative estimate of drug-likeness (QED) is 0.302. The van der Waals surface area contributed by atoms with E-state index in [0.717, 1.165) is 12.5 Å². The second-order valence-electron chi connectivity index (χ2n) is 2.22. The Morgan fingerprint density at radius 3 is 2.54 bits per heavy atom.